The molecule has 0 unspecified atom stereocenters. The SMILES string of the molecule is O=S(=O)(CC(c1ccccc1)(c1ccc[nH]1)c1ccc[nH]1)c1ccc(Cl)cc1. The number of benzene rings is 2. The third-order valence-corrected chi connectivity index (χ3v) is 7.02. The molecule has 4 aromatic rings. The Bertz CT molecular complexity index is 1100. The van der Waals surface area contributed by atoms with Gasteiger partial charge < -0.3 is 9.97 Å². The van der Waals surface area contributed by atoms with Crippen molar-refractivity contribution in [3.05, 3.63) is 113 Å². The fraction of sp³-hybridized carbons (Fsp3) is 0.0909. The van der Waals surface area contributed by atoms with Crippen molar-refractivity contribution >= 4 is 21.4 Å². The quantitative estimate of drug-likeness (QED) is 0.479. The topological polar surface area (TPSA) is 65.7 Å². The Morgan fingerprint density at radius 1 is 0.750 bits per heavy atom. The minimum absolute atomic E-state index is 0.132. The van der Waals surface area contributed by atoms with Gasteiger partial charge in [0.2, 0.25) is 0 Å². The molecule has 0 saturated heterocycles. The van der Waals surface area contributed by atoms with E-state index >= 15 is 0 Å². The lowest BCUT2D eigenvalue weighted by Gasteiger charge is -2.33. The maximum atomic E-state index is 13.5. The van der Waals surface area contributed by atoms with Crippen LogP contribution >= 0.6 is 11.6 Å². The van der Waals surface area contributed by atoms with E-state index in [0.29, 0.717) is 5.02 Å². The van der Waals surface area contributed by atoms with Crippen LogP contribution in [0.4, 0.5) is 0 Å². The molecule has 0 bridgehead atoms. The van der Waals surface area contributed by atoms with E-state index < -0.39 is 15.3 Å². The summed E-state index contributed by atoms with van der Waals surface area (Å²) in [5.74, 6) is -0.132. The van der Waals surface area contributed by atoms with Gasteiger partial charge in [-0.1, -0.05) is 41.9 Å². The van der Waals surface area contributed by atoms with Crippen LogP contribution in [0.5, 0.6) is 0 Å². The summed E-state index contributed by atoms with van der Waals surface area (Å²) in [5, 5.41) is 0.502. The molecule has 0 amide bonds. The summed E-state index contributed by atoms with van der Waals surface area (Å²) >= 11 is 5.95. The fourth-order valence-electron chi connectivity index (χ4n) is 3.62. The highest BCUT2D eigenvalue weighted by molar-refractivity contribution is 7.91. The molecule has 2 heterocycles. The lowest BCUT2D eigenvalue weighted by Crippen LogP contribution is -2.38. The highest BCUT2D eigenvalue weighted by Crippen LogP contribution is 2.40. The predicted octanol–water partition coefficient (Wildman–Crippen LogP) is 4.80. The van der Waals surface area contributed by atoms with Crippen LogP contribution in [0.3, 0.4) is 0 Å². The predicted molar refractivity (Wildman–Crippen MR) is 111 cm³/mol. The summed E-state index contributed by atoms with van der Waals surface area (Å²) in [6, 6.07) is 23.6. The number of aromatic amines is 2. The Morgan fingerprint density at radius 3 is 1.82 bits per heavy atom. The molecule has 2 aromatic heterocycles. The van der Waals surface area contributed by atoms with Crippen molar-refractivity contribution in [1.82, 2.24) is 9.97 Å². The maximum absolute atomic E-state index is 13.5. The first-order chi connectivity index (χ1) is 13.5. The molecule has 0 radical (unpaired) electrons. The van der Waals surface area contributed by atoms with Crippen LogP contribution in [0, 0.1) is 0 Å². The first-order valence-electron chi connectivity index (χ1n) is 8.84. The molecule has 4 rings (SSSR count). The molecule has 0 aliphatic carbocycles. The van der Waals surface area contributed by atoms with Gasteiger partial charge in [-0.3, -0.25) is 0 Å². The maximum Gasteiger partial charge on any atom is 0.180 e. The van der Waals surface area contributed by atoms with Gasteiger partial charge in [-0.15, -0.1) is 0 Å². The Labute approximate surface area is 169 Å². The van der Waals surface area contributed by atoms with Gasteiger partial charge in [0, 0.05) is 28.8 Å². The van der Waals surface area contributed by atoms with E-state index in [1.807, 2.05) is 67.0 Å². The van der Waals surface area contributed by atoms with E-state index in [1.54, 1.807) is 24.3 Å². The van der Waals surface area contributed by atoms with E-state index in [-0.39, 0.29) is 10.6 Å². The van der Waals surface area contributed by atoms with Crippen LogP contribution < -0.4 is 0 Å². The van der Waals surface area contributed by atoms with E-state index in [0.717, 1.165) is 17.0 Å². The third-order valence-electron chi connectivity index (χ3n) is 4.96. The second kappa shape index (κ2) is 7.34. The van der Waals surface area contributed by atoms with Crippen LogP contribution in [-0.4, -0.2) is 24.1 Å². The molecule has 28 heavy (non-hydrogen) atoms. The van der Waals surface area contributed by atoms with Crippen molar-refractivity contribution in [2.45, 2.75) is 10.3 Å². The van der Waals surface area contributed by atoms with Crippen molar-refractivity contribution in [1.29, 1.82) is 0 Å². The van der Waals surface area contributed by atoms with Crippen molar-refractivity contribution in [2.24, 2.45) is 0 Å². The Hall–Kier alpha value is -2.76. The van der Waals surface area contributed by atoms with Gasteiger partial charge in [-0.05, 0) is 54.1 Å². The molecule has 2 N–H and O–H groups in total. The number of hydrogen-bond acceptors (Lipinski definition) is 2. The number of sulfone groups is 1. The van der Waals surface area contributed by atoms with Crippen molar-refractivity contribution in [3.63, 3.8) is 0 Å². The van der Waals surface area contributed by atoms with Gasteiger partial charge in [0.1, 0.15) is 0 Å². The molecule has 0 aliphatic rings. The summed E-state index contributed by atoms with van der Waals surface area (Å²) in [7, 11) is -3.63. The summed E-state index contributed by atoms with van der Waals surface area (Å²) in [5.41, 5.74) is 1.59. The van der Waals surface area contributed by atoms with Gasteiger partial charge in [0.15, 0.2) is 9.84 Å². The summed E-state index contributed by atoms with van der Waals surface area (Å²) in [4.78, 5) is 6.73. The van der Waals surface area contributed by atoms with E-state index in [9.17, 15) is 8.42 Å². The van der Waals surface area contributed by atoms with Crippen LogP contribution in [0.2, 0.25) is 5.02 Å². The fourth-order valence-corrected chi connectivity index (χ4v) is 5.51. The smallest absolute Gasteiger partial charge is 0.180 e. The van der Waals surface area contributed by atoms with Crippen molar-refractivity contribution in [2.75, 3.05) is 5.75 Å². The van der Waals surface area contributed by atoms with Crippen LogP contribution in [0.15, 0.2) is 96.2 Å². The van der Waals surface area contributed by atoms with E-state index in [4.69, 9.17) is 11.6 Å². The Morgan fingerprint density at radius 2 is 1.32 bits per heavy atom. The molecular formula is C22H19ClN2O2S. The second-order valence-corrected chi connectivity index (χ2v) is 9.08. The largest absolute Gasteiger partial charge is 0.364 e. The number of hydrogen-bond donors (Lipinski definition) is 2. The summed E-state index contributed by atoms with van der Waals surface area (Å²) in [6.45, 7) is 0. The zero-order valence-electron chi connectivity index (χ0n) is 15.0. The molecule has 0 aliphatic heterocycles. The number of H-pyrrole nitrogens is 2. The zero-order chi connectivity index (χ0) is 19.6. The lowest BCUT2D eigenvalue weighted by molar-refractivity contribution is 0.570. The van der Waals surface area contributed by atoms with Crippen LogP contribution in [-0.2, 0) is 15.3 Å². The third kappa shape index (κ3) is 3.28. The number of nitrogens with one attached hydrogen (secondary N) is 2. The molecule has 6 heteroatoms. The highest BCUT2D eigenvalue weighted by atomic mass is 35.5. The van der Waals surface area contributed by atoms with Crippen LogP contribution in [0.25, 0.3) is 0 Å². The lowest BCUT2D eigenvalue weighted by atomic mass is 9.76. The van der Waals surface area contributed by atoms with Crippen LogP contribution in [0.1, 0.15) is 17.0 Å². The first-order valence-corrected chi connectivity index (χ1v) is 10.9. The normalized spacial score (nSPS) is 12.2. The standard InChI is InChI=1S/C22H19ClN2O2S/c23-18-10-12-19(13-11-18)28(26,27)16-22(20-8-4-14-24-20,21-9-5-15-25-21)17-6-2-1-3-7-17/h1-15,24-25H,16H2. The Kier molecular flexibility index (Phi) is 4.87. The second-order valence-electron chi connectivity index (χ2n) is 6.65. The minimum Gasteiger partial charge on any atom is -0.364 e. The number of halogens is 1. The molecule has 142 valence electrons. The number of aromatic nitrogens is 2. The summed E-state index contributed by atoms with van der Waals surface area (Å²) in [6.07, 6.45) is 3.62. The Balaban J connectivity index is 1.94. The molecule has 0 spiro atoms. The van der Waals surface area contributed by atoms with Gasteiger partial charge in [-0.25, -0.2) is 8.42 Å². The molecule has 0 saturated carbocycles. The van der Waals surface area contributed by atoms with Gasteiger partial charge in [0.05, 0.1) is 16.1 Å². The van der Waals surface area contributed by atoms with Gasteiger partial charge >= 0.3 is 0 Å². The van der Waals surface area contributed by atoms with Crippen molar-refractivity contribution in [3.8, 4) is 0 Å². The highest BCUT2D eigenvalue weighted by Gasteiger charge is 2.42. The average Bonchev–Trinajstić information content (AvgIpc) is 3.42. The molecule has 4 nitrogen and oxygen atoms in total. The van der Waals surface area contributed by atoms with E-state index in [1.165, 1.54) is 0 Å². The molecular weight excluding hydrogens is 392 g/mol. The monoisotopic (exact) mass is 410 g/mol. The number of rotatable bonds is 6. The first kappa shape index (κ1) is 18.6. The average molecular weight is 411 g/mol. The zero-order valence-corrected chi connectivity index (χ0v) is 16.5. The van der Waals surface area contributed by atoms with Crippen molar-refractivity contribution < 1.29 is 8.42 Å². The summed E-state index contributed by atoms with van der Waals surface area (Å²) < 4.78 is 26.9. The van der Waals surface area contributed by atoms with Gasteiger partial charge in [-0.2, -0.15) is 0 Å². The minimum atomic E-state index is -3.63. The van der Waals surface area contributed by atoms with E-state index in [2.05, 4.69) is 9.97 Å². The van der Waals surface area contributed by atoms with Gasteiger partial charge in [0.25, 0.3) is 0 Å². The molecule has 2 aromatic carbocycles. The molecule has 0 atom stereocenters. The molecule has 0 fully saturated rings.